The average Bonchev–Trinajstić information content (AvgIpc) is 2.16. The molecule has 1 aliphatic rings. The van der Waals surface area contributed by atoms with Gasteiger partial charge < -0.3 is 5.73 Å². The van der Waals surface area contributed by atoms with Gasteiger partial charge in [0.05, 0.1) is 0 Å². The summed E-state index contributed by atoms with van der Waals surface area (Å²) in [7, 11) is 0. The standard InChI is InChI=1S/C14H19N/c1-10-5-4-6-11-7-8-12(9-13(10)11)14(2,3)15/h4-6,9H,7-8,15H2,1-3H3. The lowest BCUT2D eigenvalue weighted by molar-refractivity contribution is 0.583. The minimum atomic E-state index is -0.181. The molecule has 0 spiro atoms. The quantitative estimate of drug-likeness (QED) is 0.742. The van der Waals surface area contributed by atoms with Crippen LogP contribution in [0.2, 0.25) is 0 Å². The van der Waals surface area contributed by atoms with Crippen LogP contribution in [0.25, 0.3) is 6.08 Å². The van der Waals surface area contributed by atoms with Crippen LogP contribution in [0.1, 0.15) is 37.0 Å². The molecule has 0 bridgehead atoms. The maximum atomic E-state index is 6.15. The highest BCUT2D eigenvalue weighted by Gasteiger charge is 2.21. The van der Waals surface area contributed by atoms with E-state index in [4.69, 9.17) is 5.73 Å². The largest absolute Gasteiger partial charge is 0.322 e. The van der Waals surface area contributed by atoms with Gasteiger partial charge in [-0.15, -0.1) is 0 Å². The lowest BCUT2D eigenvalue weighted by Crippen LogP contribution is -2.35. The first-order valence-electron chi connectivity index (χ1n) is 5.57. The van der Waals surface area contributed by atoms with Gasteiger partial charge in [-0.05, 0) is 50.3 Å². The molecule has 1 aliphatic carbocycles. The van der Waals surface area contributed by atoms with Crippen molar-refractivity contribution in [3.8, 4) is 0 Å². The molecule has 0 aromatic heterocycles. The third-order valence-corrected chi connectivity index (χ3v) is 3.22. The zero-order chi connectivity index (χ0) is 11.1. The van der Waals surface area contributed by atoms with E-state index in [0.717, 1.165) is 12.8 Å². The van der Waals surface area contributed by atoms with Gasteiger partial charge in [-0.2, -0.15) is 0 Å². The summed E-state index contributed by atoms with van der Waals surface area (Å²) in [5.74, 6) is 0. The number of fused-ring (bicyclic) bond motifs is 1. The molecule has 0 unspecified atom stereocenters. The normalized spacial score (nSPS) is 15.9. The smallest absolute Gasteiger partial charge is 0.0314 e. The average molecular weight is 201 g/mol. The van der Waals surface area contributed by atoms with Crippen LogP contribution in [0.15, 0.2) is 23.8 Å². The van der Waals surface area contributed by atoms with Crippen molar-refractivity contribution in [3.05, 3.63) is 40.5 Å². The van der Waals surface area contributed by atoms with Crippen LogP contribution in [-0.2, 0) is 6.42 Å². The summed E-state index contributed by atoms with van der Waals surface area (Å²) in [4.78, 5) is 0. The second-order valence-corrected chi connectivity index (χ2v) is 5.04. The van der Waals surface area contributed by atoms with Gasteiger partial charge in [-0.3, -0.25) is 0 Å². The van der Waals surface area contributed by atoms with Crippen LogP contribution in [0.3, 0.4) is 0 Å². The van der Waals surface area contributed by atoms with Crippen LogP contribution in [0.4, 0.5) is 0 Å². The predicted molar refractivity (Wildman–Crippen MR) is 65.7 cm³/mol. The van der Waals surface area contributed by atoms with Crippen molar-refractivity contribution < 1.29 is 0 Å². The fraction of sp³-hybridized carbons (Fsp3) is 0.429. The molecule has 80 valence electrons. The molecule has 1 aromatic carbocycles. The maximum Gasteiger partial charge on any atom is 0.0314 e. The zero-order valence-electron chi connectivity index (χ0n) is 9.80. The highest BCUT2D eigenvalue weighted by Crippen LogP contribution is 2.30. The highest BCUT2D eigenvalue weighted by molar-refractivity contribution is 5.64. The van der Waals surface area contributed by atoms with Crippen LogP contribution in [0.5, 0.6) is 0 Å². The lowest BCUT2D eigenvalue weighted by atomic mass is 9.82. The van der Waals surface area contributed by atoms with E-state index in [1.807, 2.05) is 0 Å². The second-order valence-electron chi connectivity index (χ2n) is 5.04. The summed E-state index contributed by atoms with van der Waals surface area (Å²) in [5.41, 5.74) is 11.5. The summed E-state index contributed by atoms with van der Waals surface area (Å²) in [6.45, 7) is 6.34. The Labute approximate surface area is 92.0 Å². The van der Waals surface area contributed by atoms with Gasteiger partial charge in [0.15, 0.2) is 0 Å². The molecule has 1 nitrogen and oxygen atoms in total. The summed E-state index contributed by atoms with van der Waals surface area (Å²) in [6, 6.07) is 6.53. The zero-order valence-corrected chi connectivity index (χ0v) is 9.80. The molecule has 1 heteroatoms. The number of nitrogens with two attached hydrogens (primary N) is 1. The van der Waals surface area contributed by atoms with Crippen molar-refractivity contribution in [2.45, 2.75) is 39.2 Å². The Bertz CT molecular complexity index is 408. The summed E-state index contributed by atoms with van der Waals surface area (Å²) in [5, 5.41) is 0. The van der Waals surface area contributed by atoms with Crippen molar-refractivity contribution in [3.63, 3.8) is 0 Å². The van der Waals surface area contributed by atoms with Gasteiger partial charge in [0.1, 0.15) is 0 Å². The van der Waals surface area contributed by atoms with E-state index in [0.29, 0.717) is 0 Å². The molecule has 0 heterocycles. The lowest BCUT2D eigenvalue weighted by Gasteiger charge is -2.27. The van der Waals surface area contributed by atoms with E-state index in [1.54, 1.807) is 0 Å². The Hall–Kier alpha value is -1.08. The van der Waals surface area contributed by atoms with Crippen LogP contribution in [-0.4, -0.2) is 5.54 Å². The van der Waals surface area contributed by atoms with Gasteiger partial charge in [-0.1, -0.05) is 29.8 Å². The Morgan fingerprint density at radius 3 is 2.60 bits per heavy atom. The molecule has 0 saturated carbocycles. The molecule has 2 rings (SSSR count). The van der Waals surface area contributed by atoms with Gasteiger partial charge in [0.25, 0.3) is 0 Å². The Balaban J connectivity index is 2.49. The molecule has 0 amide bonds. The van der Waals surface area contributed by atoms with E-state index >= 15 is 0 Å². The van der Waals surface area contributed by atoms with Crippen molar-refractivity contribution in [1.29, 1.82) is 0 Å². The molecular formula is C14H19N. The Kier molecular flexibility index (Phi) is 2.43. The van der Waals surface area contributed by atoms with E-state index in [2.05, 4.69) is 45.0 Å². The summed E-state index contributed by atoms with van der Waals surface area (Å²) < 4.78 is 0. The second kappa shape index (κ2) is 3.49. The molecule has 1 aromatic rings. The van der Waals surface area contributed by atoms with Crippen LogP contribution in [0, 0.1) is 6.92 Å². The fourth-order valence-corrected chi connectivity index (χ4v) is 2.19. The number of hydrogen-bond donors (Lipinski definition) is 1. The number of rotatable bonds is 1. The maximum absolute atomic E-state index is 6.15. The third kappa shape index (κ3) is 1.98. The monoisotopic (exact) mass is 201 g/mol. The van der Waals surface area contributed by atoms with Gasteiger partial charge in [0.2, 0.25) is 0 Å². The van der Waals surface area contributed by atoms with Crippen molar-refractivity contribution >= 4 is 6.08 Å². The molecule has 0 atom stereocenters. The third-order valence-electron chi connectivity index (χ3n) is 3.22. The minimum absolute atomic E-state index is 0.181. The first-order chi connectivity index (χ1) is 6.98. The minimum Gasteiger partial charge on any atom is -0.322 e. The fourth-order valence-electron chi connectivity index (χ4n) is 2.19. The molecule has 0 fully saturated rings. The van der Waals surface area contributed by atoms with E-state index in [9.17, 15) is 0 Å². The first-order valence-corrected chi connectivity index (χ1v) is 5.57. The molecule has 2 N–H and O–H groups in total. The number of aryl methyl sites for hydroxylation is 2. The molecular weight excluding hydrogens is 182 g/mol. The van der Waals surface area contributed by atoms with E-state index in [-0.39, 0.29) is 5.54 Å². The van der Waals surface area contributed by atoms with E-state index < -0.39 is 0 Å². The molecule has 0 aliphatic heterocycles. The summed E-state index contributed by atoms with van der Waals surface area (Å²) >= 11 is 0. The Morgan fingerprint density at radius 1 is 1.20 bits per heavy atom. The number of benzene rings is 1. The Morgan fingerprint density at radius 2 is 1.93 bits per heavy atom. The highest BCUT2D eigenvalue weighted by atomic mass is 14.7. The molecule has 15 heavy (non-hydrogen) atoms. The molecule has 0 saturated heterocycles. The SMILES string of the molecule is Cc1cccc2c1C=C(C(C)(C)N)CC2. The van der Waals surface area contributed by atoms with Gasteiger partial charge in [0, 0.05) is 5.54 Å². The molecule has 0 radical (unpaired) electrons. The van der Waals surface area contributed by atoms with Gasteiger partial charge in [-0.25, -0.2) is 0 Å². The van der Waals surface area contributed by atoms with Crippen molar-refractivity contribution in [2.24, 2.45) is 5.73 Å². The number of hydrogen-bond acceptors (Lipinski definition) is 1. The summed E-state index contributed by atoms with van der Waals surface area (Å²) in [6.07, 6.45) is 4.51. The van der Waals surface area contributed by atoms with Crippen LogP contribution < -0.4 is 5.73 Å². The van der Waals surface area contributed by atoms with Gasteiger partial charge >= 0.3 is 0 Å². The first kappa shape index (κ1) is 10.4. The van der Waals surface area contributed by atoms with Crippen LogP contribution >= 0.6 is 0 Å². The topological polar surface area (TPSA) is 26.0 Å². The van der Waals surface area contributed by atoms with Crippen molar-refractivity contribution in [2.75, 3.05) is 0 Å². The van der Waals surface area contributed by atoms with Crippen molar-refractivity contribution in [1.82, 2.24) is 0 Å². The predicted octanol–water partition coefficient (Wildman–Crippen LogP) is 3.06. The van der Waals surface area contributed by atoms with E-state index in [1.165, 1.54) is 22.3 Å².